The predicted octanol–water partition coefficient (Wildman–Crippen LogP) is 5.27. The van der Waals surface area contributed by atoms with Crippen LogP contribution in [0.5, 0.6) is 0 Å². The highest BCUT2D eigenvalue weighted by molar-refractivity contribution is 6.42. The molecule has 0 saturated carbocycles. The van der Waals surface area contributed by atoms with E-state index in [2.05, 4.69) is 5.10 Å². The third-order valence-corrected chi connectivity index (χ3v) is 7.55. The minimum atomic E-state index is -0.806. The van der Waals surface area contributed by atoms with Crippen molar-refractivity contribution in [3.63, 3.8) is 0 Å². The largest absolute Gasteiger partial charge is 0.331 e. The summed E-state index contributed by atoms with van der Waals surface area (Å²) in [6, 6.07) is 7.42. The van der Waals surface area contributed by atoms with Crippen molar-refractivity contribution in [1.29, 1.82) is 0 Å². The summed E-state index contributed by atoms with van der Waals surface area (Å²) in [4.78, 5) is 30.0. The van der Waals surface area contributed by atoms with Gasteiger partial charge in [0.05, 0.1) is 34.9 Å². The lowest BCUT2D eigenvalue weighted by molar-refractivity contribution is 0.0600. The second kappa shape index (κ2) is 8.91. The van der Waals surface area contributed by atoms with E-state index in [4.69, 9.17) is 23.2 Å². The molecule has 10 heteroatoms. The molecule has 2 aromatic carbocycles. The van der Waals surface area contributed by atoms with Crippen molar-refractivity contribution in [3.05, 3.63) is 86.2 Å². The Morgan fingerprint density at radius 2 is 1.83 bits per heavy atom. The van der Waals surface area contributed by atoms with Crippen molar-refractivity contribution in [2.45, 2.75) is 45.4 Å². The average molecular weight is 519 g/mol. The van der Waals surface area contributed by atoms with Crippen molar-refractivity contribution >= 4 is 35.0 Å². The van der Waals surface area contributed by atoms with Crippen LogP contribution in [0, 0.1) is 11.6 Å². The van der Waals surface area contributed by atoms with E-state index in [0.717, 1.165) is 5.69 Å². The standard InChI is InChI=1S/C25H22Cl2F2N4O2/c1-13-10-21-16(12-32(13)24(34)15-6-7-17(26)18(27)11-15)23-25(35)31(8-9-33(23)30-21)14(2)22-19(28)4-3-5-20(22)29/h3-7,11,13-14H,8-10,12H2,1-2H3/t13-,14?/m1/s1. The second-order valence-electron chi connectivity index (χ2n) is 8.92. The molecular formula is C25H22Cl2F2N4O2. The van der Waals surface area contributed by atoms with Crippen LogP contribution in [0.15, 0.2) is 36.4 Å². The molecule has 5 rings (SSSR count). The highest BCUT2D eigenvalue weighted by atomic mass is 35.5. The summed E-state index contributed by atoms with van der Waals surface area (Å²) >= 11 is 12.1. The summed E-state index contributed by atoms with van der Waals surface area (Å²) in [7, 11) is 0. The van der Waals surface area contributed by atoms with Gasteiger partial charge in [0.25, 0.3) is 11.8 Å². The summed E-state index contributed by atoms with van der Waals surface area (Å²) in [5, 5.41) is 5.27. The number of hydrogen-bond donors (Lipinski definition) is 0. The quantitative estimate of drug-likeness (QED) is 0.474. The molecule has 2 amide bonds. The maximum absolute atomic E-state index is 14.4. The topological polar surface area (TPSA) is 58.4 Å². The first-order valence-electron chi connectivity index (χ1n) is 11.3. The molecule has 0 fully saturated rings. The van der Waals surface area contributed by atoms with Gasteiger partial charge in [-0.1, -0.05) is 29.3 Å². The molecular weight excluding hydrogens is 497 g/mol. The smallest absolute Gasteiger partial charge is 0.273 e. The van der Waals surface area contributed by atoms with Gasteiger partial charge in [-0.3, -0.25) is 14.3 Å². The lowest BCUT2D eigenvalue weighted by Gasteiger charge is -2.35. The van der Waals surface area contributed by atoms with E-state index >= 15 is 0 Å². The highest BCUT2D eigenvalue weighted by Gasteiger charge is 2.39. The summed E-state index contributed by atoms with van der Waals surface area (Å²) < 4.78 is 30.5. The maximum Gasteiger partial charge on any atom is 0.273 e. The number of nitrogens with zero attached hydrogens (tertiary/aromatic N) is 4. The van der Waals surface area contributed by atoms with E-state index in [1.54, 1.807) is 28.6 Å². The summed E-state index contributed by atoms with van der Waals surface area (Å²) in [5.41, 5.74) is 2.02. The van der Waals surface area contributed by atoms with Gasteiger partial charge in [0.15, 0.2) is 0 Å². The van der Waals surface area contributed by atoms with Crippen molar-refractivity contribution in [1.82, 2.24) is 19.6 Å². The Morgan fingerprint density at radius 3 is 2.51 bits per heavy atom. The van der Waals surface area contributed by atoms with Crippen LogP contribution >= 0.6 is 23.2 Å². The Balaban J connectivity index is 1.47. The first-order chi connectivity index (χ1) is 16.7. The Labute approximate surface area is 211 Å². The molecule has 3 heterocycles. The second-order valence-corrected chi connectivity index (χ2v) is 9.74. The van der Waals surface area contributed by atoms with E-state index in [0.29, 0.717) is 34.8 Å². The fourth-order valence-corrected chi connectivity index (χ4v) is 5.24. The van der Waals surface area contributed by atoms with Crippen LogP contribution < -0.4 is 0 Å². The van der Waals surface area contributed by atoms with Gasteiger partial charge in [-0.2, -0.15) is 5.10 Å². The van der Waals surface area contributed by atoms with E-state index in [1.165, 1.54) is 29.2 Å². The van der Waals surface area contributed by atoms with Gasteiger partial charge in [0.1, 0.15) is 17.3 Å². The van der Waals surface area contributed by atoms with E-state index < -0.39 is 17.7 Å². The third kappa shape index (κ3) is 3.98. The first-order valence-corrected chi connectivity index (χ1v) is 12.0. The maximum atomic E-state index is 14.4. The van der Waals surface area contributed by atoms with E-state index in [-0.39, 0.29) is 41.5 Å². The zero-order valence-corrected chi connectivity index (χ0v) is 20.6. The van der Waals surface area contributed by atoms with Crippen molar-refractivity contribution in [2.24, 2.45) is 0 Å². The lowest BCUT2D eigenvalue weighted by Crippen LogP contribution is -2.45. The van der Waals surface area contributed by atoms with Gasteiger partial charge >= 0.3 is 0 Å². The van der Waals surface area contributed by atoms with Crippen LogP contribution in [0.3, 0.4) is 0 Å². The van der Waals surface area contributed by atoms with Crippen LogP contribution in [0.2, 0.25) is 10.0 Å². The molecule has 0 N–H and O–H groups in total. The number of aromatic nitrogens is 2. The van der Waals surface area contributed by atoms with E-state index in [1.807, 2.05) is 6.92 Å². The van der Waals surface area contributed by atoms with Gasteiger partial charge in [-0.05, 0) is 44.2 Å². The monoisotopic (exact) mass is 518 g/mol. The number of rotatable bonds is 3. The fraction of sp³-hybridized carbons (Fsp3) is 0.320. The average Bonchev–Trinajstić information content (AvgIpc) is 3.17. The van der Waals surface area contributed by atoms with Gasteiger partial charge in [-0.25, -0.2) is 8.78 Å². The number of hydrogen-bond acceptors (Lipinski definition) is 3. The number of halogens is 4. The lowest BCUT2D eigenvalue weighted by atomic mass is 9.97. The Kier molecular flexibility index (Phi) is 6.05. The Morgan fingerprint density at radius 1 is 1.11 bits per heavy atom. The zero-order valence-electron chi connectivity index (χ0n) is 19.1. The van der Waals surface area contributed by atoms with E-state index in [9.17, 15) is 18.4 Å². The van der Waals surface area contributed by atoms with Crippen molar-refractivity contribution < 1.29 is 18.4 Å². The van der Waals surface area contributed by atoms with Crippen LogP contribution in [0.25, 0.3) is 0 Å². The molecule has 0 bridgehead atoms. The minimum Gasteiger partial charge on any atom is -0.331 e. The molecule has 35 heavy (non-hydrogen) atoms. The summed E-state index contributed by atoms with van der Waals surface area (Å²) in [6.45, 7) is 4.38. The van der Waals surface area contributed by atoms with Crippen LogP contribution in [-0.4, -0.2) is 44.0 Å². The minimum absolute atomic E-state index is 0.146. The third-order valence-electron chi connectivity index (χ3n) is 6.81. The number of fused-ring (bicyclic) bond motifs is 3. The van der Waals surface area contributed by atoms with Crippen molar-refractivity contribution in [3.8, 4) is 0 Å². The number of amides is 2. The molecule has 2 aliphatic rings. The van der Waals surface area contributed by atoms with Gasteiger partial charge < -0.3 is 9.80 Å². The molecule has 182 valence electrons. The van der Waals surface area contributed by atoms with Crippen LogP contribution in [-0.2, 0) is 19.5 Å². The fourth-order valence-electron chi connectivity index (χ4n) is 4.94. The van der Waals surface area contributed by atoms with Crippen LogP contribution in [0.1, 0.15) is 57.6 Å². The molecule has 6 nitrogen and oxygen atoms in total. The summed E-state index contributed by atoms with van der Waals surface area (Å²) in [5.74, 6) is -1.99. The normalized spacial score (nSPS) is 18.3. The van der Waals surface area contributed by atoms with Crippen LogP contribution in [0.4, 0.5) is 8.78 Å². The molecule has 0 spiro atoms. The zero-order chi connectivity index (χ0) is 25.0. The molecule has 1 unspecified atom stereocenters. The number of carbonyl (C=O) groups excluding carboxylic acids is 2. The predicted molar refractivity (Wildman–Crippen MR) is 128 cm³/mol. The van der Waals surface area contributed by atoms with Gasteiger partial charge in [-0.15, -0.1) is 0 Å². The Bertz CT molecular complexity index is 1340. The highest BCUT2D eigenvalue weighted by Crippen LogP contribution is 2.34. The summed E-state index contributed by atoms with van der Waals surface area (Å²) in [6.07, 6.45) is 0.479. The molecule has 2 atom stereocenters. The molecule has 2 aliphatic heterocycles. The SMILES string of the molecule is CC(c1c(F)cccc1F)N1CCn2nc3c(c2C1=O)CN(C(=O)c1ccc(Cl)c(Cl)c1)[C@H](C)C3. The molecule has 0 aliphatic carbocycles. The number of carbonyl (C=O) groups is 2. The van der Waals surface area contributed by atoms with Gasteiger partial charge in [0.2, 0.25) is 0 Å². The molecule has 0 saturated heterocycles. The Hall–Kier alpha value is -2.97. The molecule has 0 radical (unpaired) electrons. The van der Waals surface area contributed by atoms with Gasteiger partial charge in [0, 0.05) is 35.7 Å². The molecule has 3 aromatic rings. The first kappa shape index (κ1) is 23.8. The number of benzene rings is 2. The van der Waals surface area contributed by atoms with Crippen molar-refractivity contribution in [2.75, 3.05) is 6.54 Å². The molecule has 1 aromatic heterocycles.